The van der Waals surface area contributed by atoms with Crippen molar-refractivity contribution >= 4 is 11.6 Å². The molecule has 0 spiro atoms. The third kappa shape index (κ3) is 2.88. The lowest BCUT2D eigenvalue weighted by atomic mass is 10.1. The molecule has 2 aromatic rings. The lowest BCUT2D eigenvalue weighted by molar-refractivity contribution is 0.102. The second kappa shape index (κ2) is 5.61. The summed E-state index contributed by atoms with van der Waals surface area (Å²) in [5.74, 6) is -0.881. The van der Waals surface area contributed by atoms with Crippen molar-refractivity contribution in [3.63, 3.8) is 0 Å². The van der Waals surface area contributed by atoms with Crippen molar-refractivity contribution in [3.8, 4) is 11.5 Å². The quantitative estimate of drug-likeness (QED) is 0.846. The molecule has 0 aliphatic rings. The van der Waals surface area contributed by atoms with Crippen molar-refractivity contribution in [3.05, 3.63) is 53.3 Å². The number of hydrogen-bond acceptors (Lipinski definition) is 3. The number of benzene rings is 2. The first kappa shape index (κ1) is 13.9. The van der Waals surface area contributed by atoms with Gasteiger partial charge in [0.05, 0.1) is 18.4 Å². The average molecular weight is 275 g/mol. The van der Waals surface area contributed by atoms with Crippen molar-refractivity contribution in [1.29, 1.82) is 0 Å². The Bertz CT molecular complexity index is 656. The number of carbonyl (C=O) groups is 1. The minimum atomic E-state index is -0.555. The number of aromatic hydroxyl groups is 1. The molecule has 4 nitrogen and oxygen atoms in total. The van der Waals surface area contributed by atoms with Gasteiger partial charge in [-0.1, -0.05) is 6.07 Å². The van der Waals surface area contributed by atoms with Crippen LogP contribution in [0.1, 0.15) is 15.9 Å². The fourth-order valence-corrected chi connectivity index (χ4v) is 1.79. The maximum absolute atomic E-state index is 13.2. The van der Waals surface area contributed by atoms with Crippen LogP contribution in [0, 0.1) is 12.7 Å². The molecule has 0 bridgehead atoms. The maximum Gasteiger partial charge on any atom is 0.259 e. The van der Waals surface area contributed by atoms with Gasteiger partial charge in [-0.25, -0.2) is 4.39 Å². The molecule has 0 saturated carbocycles. The molecular weight excluding hydrogens is 261 g/mol. The summed E-state index contributed by atoms with van der Waals surface area (Å²) >= 11 is 0. The molecule has 0 heterocycles. The Kier molecular flexibility index (Phi) is 3.89. The molecule has 20 heavy (non-hydrogen) atoms. The zero-order valence-corrected chi connectivity index (χ0v) is 11.1. The highest BCUT2D eigenvalue weighted by Gasteiger charge is 2.15. The summed E-state index contributed by atoms with van der Waals surface area (Å²) in [7, 11) is 1.40. The van der Waals surface area contributed by atoms with Crippen LogP contribution in [0.5, 0.6) is 11.5 Å². The molecule has 0 aliphatic heterocycles. The Morgan fingerprint density at radius 1 is 1.25 bits per heavy atom. The molecule has 1 amide bonds. The standard InChI is InChI=1S/C15H14FNO3/c1-9-3-5-12(13(18)7-9)17-15(19)11-8-10(16)4-6-14(11)20-2/h3-8,18H,1-2H3,(H,17,19). The summed E-state index contributed by atoms with van der Waals surface area (Å²) in [6.07, 6.45) is 0. The van der Waals surface area contributed by atoms with E-state index in [1.165, 1.54) is 25.3 Å². The third-order valence-corrected chi connectivity index (χ3v) is 2.81. The smallest absolute Gasteiger partial charge is 0.259 e. The van der Waals surface area contributed by atoms with Crippen LogP contribution < -0.4 is 10.1 Å². The van der Waals surface area contributed by atoms with E-state index in [4.69, 9.17) is 4.74 Å². The van der Waals surface area contributed by atoms with Crippen LogP contribution in [0.2, 0.25) is 0 Å². The summed E-state index contributed by atoms with van der Waals surface area (Å²) in [5.41, 5.74) is 1.18. The van der Waals surface area contributed by atoms with Gasteiger partial charge in [-0.05, 0) is 42.8 Å². The number of anilines is 1. The number of phenolic OH excluding ortho intramolecular Hbond substituents is 1. The molecule has 0 aliphatic carbocycles. The van der Waals surface area contributed by atoms with E-state index >= 15 is 0 Å². The fraction of sp³-hybridized carbons (Fsp3) is 0.133. The van der Waals surface area contributed by atoms with Crippen LogP contribution in [0.25, 0.3) is 0 Å². The summed E-state index contributed by atoms with van der Waals surface area (Å²) in [4.78, 5) is 12.1. The Morgan fingerprint density at radius 3 is 2.65 bits per heavy atom. The molecule has 0 atom stereocenters. The zero-order chi connectivity index (χ0) is 14.7. The van der Waals surface area contributed by atoms with Gasteiger partial charge in [0.25, 0.3) is 5.91 Å². The number of halogens is 1. The molecule has 0 radical (unpaired) electrons. The Labute approximate surface area is 115 Å². The van der Waals surface area contributed by atoms with Crippen molar-refractivity contribution < 1.29 is 19.0 Å². The van der Waals surface area contributed by atoms with Crippen LogP contribution in [-0.4, -0.2) is 18.1 Å². The van der Waals surface area contributed by atoms with Gasteiger partial charge in [-0.15, -0.1) is 0 Å². The normalized spacial score (nSPS) is 10.2. The lowest BCUT2D eigenvalue weighted by Gasteiger charge is -2.10. The predicted molar refractivity (Wildman–Crippen MR) is 73.7 cm³/mol. The van der Waals surface area contributed by atoms with E-state index in [0.29, 0.717) is 0 Å². The fourth-order valence-electron chi connectivity index (χ4n) is 1.79. The van der Waals surface area contributed by atoms with E-state index in [2.05, 4.69) is 5.32 Å². The van der Waals surface area contributed by atoms with E-state index in [9.17, 15) is 14.3 Å². The molecule has 0 unspecified atom stereocenters. The van der Waals surface area contributed by atoms with Gasteiger partial charge in [0.2, 0.25) is 0 Å². The Balaban J connectivity index is 2.30. The minimum Gasteiger partial charge on any atom is -0.506 e. The molecule has 2 rings (SSSR count). The van der Waals surface area contributed by atoms with E-state index < -0.39 is 11.7 Å². The number of rotatable bonds is 3. The first-order valence-electron chi connectivity index (χ1n) is 5.96. The highest BCUT2D eigenvalue weighted by atomic mass is 19.1. The van der Waals surface area contributed by atoms with Gasteiger partial charge < -0.3 is 15.2 Å². The van der Waals surface area contributed by atoms with Crippen molar-refractivity contribution in [2.24, 2.45) is 0 Å². The zero-order valence-electron chi connectivity index (χ0n) is 11.1. The largest absolute Gasteiger partial charge is 0.506 e. The second-order valence-electron chi connectivity index (χ2n) is 4.32. The van der Waals surface area contributed by atoms with Crippen LogP contribution in [0.15, 0.2) is 36.4 Å². The van der Waals surface area contributed by atoms with Crippen molar-refractivity contribution in [2.75, 3.05) is 12.4 Å². The topological polar surface area (TPSA) is 58.6 Å². The van der Waals surface area contributed by atoms with Crippen LogP contribution in [0.3, 0.4) is 0 Å². The first-order chi connectivity index (χ1) is 9.51. The number of nitrogens with one attached hydrogen (secondary N) is 1. The van der Waals surface area contributed by atoms with E-state index in [1.54, 1.807) is 12.1 Å². The number of amides is 1. The Hall–Kier alpha value is -2.56. The maximum atomic E-state index is 13.2. The minimum absolute atomic E-state index is 0.0475. The number of phenols is 1. The third-order valence-electron chi connectivity index (χ3n) is 2.81. The van der Waals surface area contributed by atoms with Crippen molar-refractivity contribution in [2.45, 2.75) is 6.92 Å². The number of aryl methyl sites for hydroxylation is 1. The van der Waals surface area contributed by atoms with Gasteiger partial charge >= 0.3 is 0 Å². The second-order valence-corrected chi connectivity index (χ2v) is 4.32. The number of ether oxygens (including phenoxy) is 1. The molecule has 2 N–H and O–H groups in total. The summed E-state index contributed by atoms with van der Waals surface area (Å²) < 4.78 is 18.2. The average Bonchev–Trinajstić information content (AvgIpc) is 2.41. The molecule has 0 saturated heterocycles. The van der Waals surface area contributed by atoms with Gasteiger partial charge in [0.15, 0.2) is 0 Å². The van der Waals surface area contributed by atoms with Crippen molar-refractivity contribution in [1.82, 2.24) is 0 Å². The van der Waals surface area contributed by atoms with Gasteiger partial charge in [-0.3, -0.25) is 4.79 Å². The summed E-state index contributed by atoms with van der Waals surface area (Å²) in [6, 6.07) is 8.52. The van der Waals surface area contributed by atoms with E-state index in [1.807, 2.05) is 6.92 Å². The summed E-state index contributed by atoms with van der Waals surface area (Å²) in [5, 5.41) is 12.3. The summed E-state index contributed by atoms with van der Waals surface area (Å²) in [6.45, 7) is 1.82. The molecule has 5 heteroatoms. The molecule has 2 aromatic carbocycles. The van der Waals surface area contributed by atoms with Gasteiger partial charge in [0.1, 0.15) is 17.3 Å². The monoisotopic (exact) mass is 275 g/mol. The van der Waals surface area contributed by atoms with Crippen LogP contribution in [-0.2, 0) is 0 Å². The van der Waals surface area contributed by atoms with Crippen LogP contribution >= 0.6 is 0 Å². The molecular formula is C15H14FNO3. The number of hydrogen-bond donors (Lipinski definition) is 2. The molecule has 0 aromatic heterocycles. The van der Waals surface area contributed by atoms with E-state index in [0.717, 1.165) is 11.6 Å². The highest BCUT2D eigenvalue weighted by molar-refractivity contribution is 6.06. The molecule has 104 valence electrons. The predicted octanol–water partition coefficient (Wildman–Crippen LogP) is 3.10. The van der Waals surface area contributed by atoms with E-state index in [-0.39, 0.29) is 22.7 Å². The number of methoxy groups -OCH3 is 1. The van der Waals surface area contributed by atoms with Crippen LogP contribution in [0.4, 0.5) is 10.1 Å². The molecule has 0 fully saturated rings. The lowest BCUT2D eigenvalue weighted by Crippen LogP contribution is -2.13. The van der Waals surface area contributed by atoms with Gasteiger partial charge in [-0.2, -0.15) is 0 Å². The van der Waals surface area contributed by atoms with Gasteiger partial charge in [0, 0.05) is 0 Å². The first-order valence-corrected chi connectivity index (χ1v) is 5.96. The highest BCUT2D eigenvalue weighted by Crippen LogP contribution is 2.26. The Morgan fingerprint density at radius 2 is 2.00 bits per heavy atom. The SMILES string of the molecule is COc1ccc(F)cc1C(=O)Nc1ccc(C)cc1O. The number of carbonyl (C=O) groups excluding carboxylic acids is 1.